The second-order valence-electron chi connectivity index (χ2n) is 1.45. The second kappa shape index (κ2) is 3.55. The van der Waals surface area contributed by atoms with Crippen molar-refractivity contribution in [1.29, 1.82) is 0 Å². The summed E-state index contributed by atoms with van der Waals surface area (Å²) in [5.41, 5.74) is 1.07. The summed E-state index contributed by atoms with van der Waals surface area (Å²) < 4.78 is 4.19. The maximum atomic E-state index is 3.94. The van der Waals surface area contributed by atoms with E-state index in [0.29, 0.717) is 0 Å². The highest BCUT2D eigenvalue weighted by Crippen LogP contribution is 2.16. The summed E-state index contributed by atoms with van der Waals surface area (Å²) in [4.78, 5) is 3.94. The molecule has 9 heavy (non-hydrogen) atoms. The Morgan fingerprint density at radius 3 is 2.78 bits per heavy atom. The average molecular weight is 346 g/mol. The molecule has 0 fully saturated rings. The van der Waals surface area contributed by atoms with Crippen molar-refractivity contribution in [2.45, 2.75) is 0 Å². The number of rotatable bonds is 1. The Hall–Kier alpha value is 0.410. The molecule has 1 aromatic rings. The number of hydrogen-bond acceptors (Lipinski definition) is 2. The Bertz CT molecular complexity index is 202. The molecule has 0 bridgehead atoms. The van der Waals surface area contributed by atoms with Gasteiger partial charge in [0.15, 0.2) is 0 Å². The molecular weight excluding hydrogens is 342 g/mol. The lowest BCUT2D eigenvalue weighted by Gasteiger charge is -1.97. The standard InChI is InChI=1S/C5H4I2N2/c6-4-1-2-8-3-5(4)9-7/h1-3,9H. The van der Waals surface area contributed by atoms with Crippen LogP contribution in [-0.4, -0.2) is 4.98 Å². The van der Waals surface area contributed by atoms with Gasteiger partial charge >= 0.3 is 0 Å². The van der Waals surface area contributed by atoms with Gasteiger partial charge in [-0.25, -0.2) is 0 Å². The van der Waals surface area contributed by atoms with Crippen LogP contribution in [0.25, 0.3) is 0 Å². The largest absolute Gasteiger partial charge is 0.326 e. The van der Waals surface area contributed by atoms with Crippen molar-refractivity contribution >= 4 is 51.1 Å². The van der Waals surface area contributed by atoms with Crippen LogP contribution in [0.4, 0.5) is 5.69 Å². The van der Waals surface area contributed by atoms with E-state index in [0.717, 1.165) is 5.69 Å². The van der Waals surface area contributed by atoms with E-state index >= 15 is 0 Å². The molecule has 1 rings (SSSR count). The van der Waals surface area contributed by atoms with E-state index in [9.17, 15) is 0 Å². The molecule has 2 nitrogen and oxygen atoms in total. The van der Waals surface area contributed by atoms with Gasteiger partial charge in [-0.2, -0.15) is 0 Å². The highest BCUT2D eigenvalue weighted by atomic mass is 127. The van der Waals surface area contributed by atoms with Crippen LogP contribution in [0, 0.1) is 3.57 Å². The lowest BCUT2D eigenvalue weighted by atomic mass is 10.4. The summed E-state index contributed by atoms with van der Waals surface area (Å²) >= 11 is 4.34. The van der Waals surface area contributed by atoms with Crippen LogP contribution >= 0.6 is 45.5 Å². The molecule has 0 saturated heterocycles. The molecule has 4 heteroatoms. The molecular formula is C5H4I2N2. The zero-order valence-corrected chi connectivity index (χ0v) is 8.75. The fraction of sp³-hybridized carbons (Fsp3) is 0. The van der Waals surface area contributed by atoms with Crippen molar-refractivity contribution in [1.82, 2.24) is 4.98 Å². The Labute approximate surface area is 81.1 Å². The first-order valence-electron chi connectivity index (χ1n) is 2.31. The van der Waals surface area contributed by atoms with Gasteiger partial charge in [0.05, 0.1) is 34.7 Å². The van der Waals surface area contributed by atoms with Gasteiger partial charge in [0, 0.05) is 9.77 Å². The van der Waals surface area contributed by atoms with Crippen LogP contribution in [0.1, 0.15) is 0 Å². The molecule has 0 atom stereocenters. The molecule has 0 aromatic carbocycles. The molecule has 0 aliphatic heterocycles. The van der Waals surface area contributed by atoms with E-state index in [-0.39, 0.29) is 0 Å². The molecule has 0 spiro atoms. The van der Waals surface area contributed by atoms with Crippen molar-refractivity contribution in [3.8, 4) is 0 Å². The summed E-state index contributed by atoms with van der Waals surface area (Å²) in [6.45, 7) is 0. The second-order valence-corrected chi connectivity index (χ2v) is 3.15. The van der Waals surface area contributed by atoms with E-state index in [2.05, 4.69) is 54.0 Å². The highest BCUT2D eigenvalue weighted by molar-refractivity contribution is 14.1. The Morgan fingerprint density at radius 1 is 1.56 bits per heavy atom. The van der Waals surface area contributed by atoms with Crippen LogP contribution in [0.2, 0.25) is 0 Å². The van der Waals surface area contributed by atoms with Crippen molar-refractivity contribution in [3.05, 3.63) is 22.0 Å². The number of hydrogen-bond donors (Lipinski definition) is 1. The van der Waals surface area contributed by atoms with E-state index < -0.39 is 0 Å². The Morgan fingerprint density at radius 2 is 2.33 bits per heavy atom. The number of nitrogens with one attached hydrogen (secondary N) is 1. The summed E-state index contributed by atoms with van der Waals surface area (Å²) in [6, 6.07) is 1.96. The molecule has 48 valence electrons. The number of anilines is 1. The summed E-state index contributed by atoms with van der Waals surface area (Å²) in [5, 5.41) is 0. The van der Waals surface area contributed by atoms with Gasteiger partial charge in [0.1, 0.15) is 0 Å². The minimum Gasteiger partial charge on any atom is -0.326 e. The third-order valence-electron chi connectivity index (χ3n) is 0.870. The van der Waals surface area contributed by atoms with Gasteiger partial charge < -0.3 is 3.53 Å². The molecule has 0 aliphatic carbocycles. The molecule has 0 radical (unpaired) electrons. The molecule has 0 amide bonds. The molecule has 1 heterocycles. The topological polar surface area (TPSA) is 24.9 Å². The van der Waals surface area contributed by atoms with Crippen LogP contribution in [0.3, 0.4) is 0 Å². The van der Waals surface area contributed by atoms with Gasteiger partial charge in [0.25, 0.3) is 0 Å². The Balaban J connectivity index is 3.01. The van der Waals surface area contributed by atoms with E-state index in [1.54, 1.807) is 12.4 Å². The fourth-order valence-electron chi connectivity index (χ4n) is 0.447. The maximum absolute atomic E-state index is 3.94. The normalized spacial score (nSPS) is 9.11. The van der Waals surface area contributed by atoms with Gasteiger partial charge in [-0.05, 0) is 28.7 Å². The van der Waals surface area contributed by atoms with E-state index in [1.807, 2.05) is 6.07 Å². The zero-order valence-electron chi connectivity index (χ0n) is 4.44. The maximum Gasteiger partial charge on any atom is 0.0748 e. The first kappa shape index (κ1) is 7.52. The van der Waals surface area contributed by atoms with Crippen LogP contribution in [0.5, 0.6) is 0 Å². The zero-order chi connectivity index (χ0) is 6.69. The molecule has 0 aliphatic rings. The van der Waals surface area contributed by atoms with Gasteiger partial charge in [-0.3, -0.25) is 4.98 Å². The third-order valence-corrected chi connectivity index (χ3v) is 2.39. The van der Waals surface area contributed by atoms with Crippen LogP contribution < -0.4 is 3.53 Å². The van der Waals surface area contributed by atoms with Gasteiger partial charge in [-0.15, -0.1) is 0 Å². The van der Waals surface area contributed by atoms with Crippen molar-refractivity contribution in [3.63, 3.8) is 0 Å². The highest BCUT2D eigenvalue weighted by Gasteiger charge is 1.92. The van der Waals surface area contributed by atoms with Crippen molar-refractivity contribution in [2.75, 3.05) is 3.53 Å². The lowest BCUT2D eigenvalue weighted by Crippen LogP contribution is -1.83. The monoisotopic (exact) mass is 346 g/mol. The fourth-order valence-corrected chi connectivity index (χ4v) is 1.83. The summed E-state index contributed by atoms with van der Waals surface area (Å²) in [6.07, 6.45) is 3.58. The number of aromatic nitrogens is 1. The van der Waals surface area contributed by atoms with Crippen LogP contribution in [-0.2, 0) is 0 Å². The van der Waals surface area contributed by atoms with Gasteiger partial charge in [0.2, 0.25) is 0 Å². The average Bonchev–Trinajstić information content (AvgIpc) is 1.89. The third kappa shape index (κ3) is 1.92. The minimum atomic E-state index is 1.07. The van der Waals surface area contributed by atoms with Crippen molar-refractivity contribution in [2.24, 2.45) is 0 Å². The number of nitrogens with zero attached hydrogens (tertiary/aromatic N) is 1. The molecule has 0 unspecified atom stereocenters. The SMILES string of the molecule is INc1cnccc1I. The minimum absolute atomic E-state index is 1.07. The summed E-state index contributed by atoms with van der Waals surface area (Å²) in [5.74, 6) is 0. The van der Waals surface area contributed by atoms with E-state index in [1.165, 1.54) is 3.57 Å². The van der Waals surface area contributed by atoms with Gasteiger partial charge in [-0.1, -0.05) is 0 Å². The Kier molecular flexibility index (Phi) is 2.96. The lowest BCUT2D eigenvalue weighted by molar-refractivity contribution is 1.32. The van der Waals surface area contributed by atoms with Crippen LogP contribution in [0.15, 0.2) is 18.5 Å². The van der Waals surface area contributed by atoms with E-state index in [4.69, 9.17) is 0 Å². The quantitative estimate of drug-likeness (QED) is 0.624. The first-order valence-corrected chi connectivity index (χ1v) is 4.46. The van der Waals surface area contributed by atoms with Crippen molar-refractivity contribution < 1.29 is 0 Å². The molecule has 0 saturated carbocycles. The predicted molar refractivity (Wildman–Crippen MR) is 54.6 cm³/mol. The molecule has 1 N–H and O–H groups in total. The summed E-state index contributed by atoms with van der Waals surface area (Å²) in [7, 11) is 0. The number of pyridine rings is 1. The predicted octanol–water partition coefficient (Wildman–Crippen LogP) is 2.45. The number of halogens is 2. The first-order chi connectivity index (χ1) is 4.34. The molecule has 1 aromatic heterocycles. The smallest absolute Gasteiger partial charge is 0.0748 e.